The summed E-state index contributed by atoms with van der Waals surface area (Å²) in [5, 5.41) is 2.57. The van der Waals surface area contributed by atoms with E-state index in [1.165, 1.54) is 19.2 Å². The first-order chi connectivity index (χ1) is 13.6. The van der Waals surface area contributed by atoms with Crippen molar-refractivity contribution in [3.63, 3.8) is 0 Å². The number of nitrogens with zero attached hydrogens (tertiary/aromatic N) is 1. The Hall–Kier alpha value is -2.45. The molecule has 3 rings (SSSR count). The van der Waals surface area contributed by atoms with Gasteiger partial charge in [-0.05, 0) is 48.9 Å². The van der Waals surface area contributed by atoms with E-state index in [1.54, 1.807) is 17.9 Å². The van der Waals surface area contributed by atoms with Crippen LogP contribution in [0.1, 0.15) is 30.9 Å². The van der Waals surface area contributed by atoms with Gasteiger partial charge in [-0.25, -0.2) is 4.79 Å². The Balaban J connectivity index is 1.68. The number of amides is 2. The van der Waals surface area contributed by atoms with Gasteiger partial charge in [0.25, 0.3) is 0 Å². The van der Waals surface area contributed by atoms with Crippen LogP contribution in [0.25, 0.3) is 0 Å². The zero-order chi connectivity index (χ0) is 21.4. The number of alkyl carbamates (subject to hydrolysis) is 1. The van der Waals surface area contributed by atoms with Gasteiger partial charge < -0.3 is 19.7 Å². The van der Waals surface area contributed by atoms with Gasteiger partial charge in [0.05, 0.1) is 13.0 Å². The Labute approximate surface area is 167 Å². The summed E-state index contributed by atoms with van der Waals surface area (Å²) in [6.45, 7) is 5.01. The monoisotopic (exact) mass is 414 g/mol. The van der Waals surface area contributed by atoms with E-state index in [2.05, 4.69) is 14.8 Å². The third-order valence-electron chi connectivity index (χ3n) is 5.95. The summed E-state index contributed by atoms with van der Waals surface area (Å²) in [5.41, 5.74) is 1.49. The molecule has 2 fully saturated rings. The van der Waals surface area contributed by atoms with E-state index >= 15 is 0 Å². The van der Waals surface area contributed by atoms with Crippen molar-refractivity contribution in [1.82, 2.24) is 10.2 Å². The number of hydrogen-bond donors (Lipinski definition) is 1. The van der Waals surface area contributed by atoms with Crippen molar-refractivity contribution in [3.05, 3.63) is 29.3 Å². The average molecular weight is 414 g/mol. The average Bonchev–Trinajstić information content (AvgIpc) is 3.21. The van der Waals surface area contributed by atoms with Crippen molar-refractivity contribution >= 4 is 12.0 Å². The van der Waals surface area contributed by atoms with Crippen LogP contribution in [0.3, 0.4) is 0 Å². The fourth-order valence-corrected chi connectivity index (χ4v) is 4.40. The first-order valence-electron chi connectivity index (χ1n) is 9.57. The molecule has 2 unspecified atom stereocenters. The summed E-state index contributed by atoms with van der Waals surface area (Å²) >= 11 is 0. The number of carbonyl (C=O) groups is 2. The van der Waals surface area contributed by atoms with Crippen molar-refractivity contribution in [2.24, 2.45) is 11.8 Å². The predicted octanol–water partition coefficient (Wildman–Crippen LogP) is 3.38. The van der Waals surface area contributed by atoms with E-state index in [0.717, 1.165) is 17.5 Å². The molecule has 2 amide bonds. The lowest BCUT2D eigenvalue weighted by Gasteiger charge is -2.26. The Bertz CT molecular complexity index is 798. The normalized spacial score (nSPS) is 23.9. The largest absolute Gasteiger partial charge is 0.573 e. The van der Waals surface area contributed by atoms with Crippen LogP contribution in [0.15, 0.2) is 18.2 Å². The van der Waals surface area contributed by atoms with Crippen molar-refractivity contribution < 1.29 is 32.2 Å². The number of piperidine rings is 1. The van der Waals surface area contributed by atoms with Crippen LogP contribution < -0.4 is 10.1 Å². The number of methoxy groups -OCH3 is 1. The number of ether oxygens (including phenoxy) is 2. The first-order valence-corrected chi connectivity index (χ1v) is 9.57. The molecule has 0 bridgehead atoms. The van der Waals surface area contributed by atoms with Gasteiger partial charge in [-0.15, -0.1) is 13.2 Å². The SMILES string of the molecule is CC[C@H](CNC(=O)OC)C(=O)N1CC2CC2(c2ccc(OC(F)(F)F)cc2C)C1. The number of hydrogen-bond acceptors (Lipinski definition) is 4. The number of alkyl halides is 3. The predicted molar refractivity (Wildman–Crippen MR) is 98.4 cm³/mol. The molecule has 1 aromatic carbocycles. The molecule has 0 aromatic heterocycles. The highest BCUT2D eigenvalue weighted by Crippen LogP contribution is 2.60. The number of rotatable bonds is 6. The van der Waals surface area contributed by atoms with Gasteiger partial charge in [0.15, 0.2) is 0 Å². The minimum absolute atomic E-state index is 0.0230. The zero-order valence-electron chi connectivity index (χ0n) is 16.6. The highest BCUT2D eigenvalue weighted by Gasteiger charge is 2.62. The molecule has 29 heavy (non-hydrogen) atoms. The summed E-state index contributed by atoms with van der Waals surface area (Å²) in [7, 11) is 1.27. The Kier molecular flexibility index (Phi) is 5.69. The maximum absolute atomic E-state index is 12.9. The molecule has 6 nitrogen and oxygen atoms in total. The molecular weight excluding hydrogens is 389 g/mol. The summed E-state index contributed by atoms with van der Waals surface area (Å²) < 4.78 is 45.9. The van der Waals surface area contributed by atoms with Gasteiger partial charge >= 0.3 is 12.5 Å². The Morgan fingerprint density at radius 3 is 2.69 bits per heavy atom. The van der Waals surface area contributed by atoms with Crippen LogP contribution in [-0.4, -0.2) is 50.0 Å². The topological polar surface area (TPSA) is 67.9 Å². The van der Waals surface area contributed by atoms with Crippen molar-refractivity contribution in [2.45, 2.75) is 38.5 Å². The number of benzene rings is 1. The van der Waals surface area contributed by atoms with Gasteiger partial charge in [-0.1, -0.05) is 13.0 Å². The molecule has 0 radical (unpaired) electrons. The number of fused-ring (bicyclic) bond motifs is 1. The molecule has 1 heterocycles. The van der Waals surface area contributed by atoms with E-state index in [4.69, 9.17) is 0 Å². The molecule has 1 N–H and O–H groups in total. The van der Waals surface area contributed by atoms with Crippen LogP contribution >= 0.6 is 0 Å². The van der Waals surface area contributed by atoms with E-state index in [0.29, 0.717) is 25.4 Å². The molecule has 3 atom stereocenters. The second kappa shape index (κ2) is 7.76. The number of nitrogens with one attached hydrogen (secondary N) is 1. The summed E-state index contributed by atoms with van der Waals surface area (Å²) in [6, 6.07) is 4.41. The number of likely N-dealkylation sites (tertiary alicyclic amines) is 1. The van der Waals surface area contributed by atoms with Gasteiger partial charge in [0.1, 0.15) is 5.75 Å². The molecule has 1 aromatic rings. The van der Waals surface area contributed by atoms with Crippen molar-refractivity contribution in [3.8, 4) is 5.75 Å². The minimum Gasteiger partial charge on any atom is -0.453 e. The second-order valence-electron chi connectivity index (χ2n) is 7.78. The van der Waals surface area contributed by atoms with Crippen LogP contribution in [0.4, 0.5) is 18.0 Å². The highest BCUT2D eigenvalue weighted by atomic mass is 19.4. The van der Waals surface area contributed by atoms with Gasteiger partial charge in [-0.3, -0.25) is 4.79 Å². The second-order valence-corrected chi connectivity index (χ2v) is 7.78. The minimum atomic E-state index is -4.72. The maximum Gasteiger partial charge on any atom is 0.573 e. The summed E-state index contributed by atoms with van der Waals surface area (Å²) in [6.07, 6.45) is -3.81. The molecule has 1 aliphatic carbocycles. The Morgan fingerprint density at radius 1 is 1.38 bits per heavy atom. The van der Waals surface area contributed by atoms with Gasteiger partial charge in [0, 0.05) is 25.0 Å². The Morgan fingerprint density at radius 2 is 2.10 bits per heavy atom. The van der Waals surface area contributed by atoms with E-state index < -0.39 is 12.5 Å². The molecule has 9 heteroatoms. The highest BCUT2D eigenvalue weighted by molar-refractivity contribution is 5.81. The van der Waals surface area contributed by atoms with E-state index in [-0.39, 0.29) is 29.5 Å². The maximum atomic E-state index is 12.9. The molecule has 1 saturated heterocycles. The van der Waals surface area contributed by atoms with E-state index in [1.807, 2.05) is 6.92 Å². The molecule has 1 aliphatic heterocycles. The number of carbonyl (C=O) groups excluding carboxylic acids is 2. The summed E-state index contributed by atoms with van der Waals surface area (Å²) in [4.78, 5) is 26.0. The quantitative estimate of drug-likeness (QED) is 0.775. The van der Waals surface area contributed by atoms with Crippen LogP contribution in [-0.2, 0) is 14.9 Å². The third-order valence-corrected chi connectivity index (χ3v) is 5.95. The van der Waals surface area contributed by atoms with Crippen LogP contribution in [0, 0.1) is 18.8 Å². The fraction of sp³-hybridized carbons (Fsp3) is 0.600. The molecule has 0 spiro atoms. The van der Waals surface area contributed by atoms with Crippen molar-refractivity contribution in [2.75, 3.05) is 26.7 Å². The smallest absolute Gasteiger partial charge is 0.453 e. The van der Waals surface area contributed by atoms with Crippen LogP contribution in [0.5, 0.6) is 5.75 Å². The lowest BCUT2D eigenvalue weighted by Crippen LogP contribution is -2.42. The third kappa shape index (κ3) is 4.43. The number of halogens is 3. The molecular formula is C20H25F3N2O4. The van der Waals surface area contributed by atoms with Gasteiger partial charge in [0.2, 0.25) is 5.91 Å². The molecule has 2 aliphatic rings. The van der Waals surface area contributed by atoms with Gasteiger partial charge in [-0.2, -0.15) is 0 Å². The zero-order valence-corrected chi connectivity index (χ0v) is 16.6. The number of aryl methyl sites for hydroxylation is 1. The fourth-order valence-electron chi connectivity index (χ4n) is 4.40. The van der Waals surface area contributed by atoms with Crippen molar-refractivity contribution in [1.29, 1.82) is 0 Å². The van der Waals surface area contributed by atoms with E-state index in [9.17, 15) is 22.8 Å². The molecule has 160 valence electrons. The standard InChI is InChI=1S/C20H25F3N2O4/c1-4-13(9-24-18(27)28-3)17(26)25-10-14-8-19(14,11-25)16-6-5-15(7-12(16)2)29-20(21,22)23/h5-7,13-14H,4,8-11H2,1-3H3,(H,24,27)/t13-,14?,19?/m1/s1. The summed E-state index contributed by atoms with van der Waals surface area (Å²) in [5.74, 6) is -0.304. The lowest BCUT2D eigenvalue weighted by molar-refractivity contribution is -0.274. The lowest BCUT2D eigenvalue weighted by atomic mass is 9.90. The molecule has 1 saturated carbocycles. The van der Waals surface area contributed by atoms with Crippen LogP contribution in [0.2, 0.25) is 0 Å². The first kappa shape index (κ1) is 21.3.